The molecule has 2 rings (SSSR count). The molecule has 2 amide bonds. The van der Waals surface area contributed by atoms with Crippen LogP contribution >= 0.6 is 11.6 Å². The Balaban J connectivity index is 0.00000127. The number of Topliss-reactive ketones (excluding diaryl/α,β-unsaturated/α-hetero) is 1. The Morgan fingerprint density at radius 1 is 1.22 bits per heavy atom. The molecule has 1 fully saturated rings. The van der Waals surface area contributed by atoms with E-state index in [2.05, 4.69) is 16.0 Å². The molecule has 1 aliphatic carbocycles. The molecule has 0 spiro atoms. The summed E-state index contributed by atoms with van der Waals surface area (Å²) in [7, 11) is 1.67. The third-order valence-electron chi connectivity index (χ3n) is 3.07. The molecular weight excluding hydrogens is 318 g/mol. The Kier molecular flexibility index (Phi) is 7.54. The normalized spacial score (nSPS) is 12.5. The molecule has 0 aromatic heterocycles. The summed E-state index contributed by atoms with van der Waals surface area (Å²) in [6.07, 6.45) is 1.80. The summed E-state index contributed by atoms with van der Waals surface area (Å²) in [6.45, 7) is 3.66. The van der Waals surface area contributed by atoms with Gasteiger partial charge in [0.05, 0.1) is 12.1 Å². The first kappa shape index (κ1) is 19.0. The maximum absolute atomic E-state index is 12.0. The van der Waals surface area contributed by atoms with Gasteiger partial charge in [0.2, 0.25) is 5.78 Å². The van der Waals surface area contributed by atoms with E-state index in [-0.39, 0.29) is 12.6 Å². The summed E-state index contributed by atoms with van der Waals surface area (Å²) in [4.78, 5) is 35.1. The molecule has 1 aromatic carbocycles. The molecular formula is C16H22ClN3O3. The zero-order chi connectivity index (χ0) is 17.4. The number of rotatable bonds is 6. The largest absolute Gasteiger partial charge is 0.387 e. The van der Waals surface area contributed by atoms with E-state index in [0.717, 1.165) is 12.8 Å². The highest BCUT2D eigenvalue weighted by Gasteiger charge is 2.26. The maximum atomic E-state index is 12.0. The van der Waals surface area contributed by atoms with Crippen LogP contribution in [0.5, 0.6) is 0 Å². The number of halogens is 1. The van der Waals surface area contributed by atoms with E-state index < -0.39 is 17.6 Å². The van der Waals surface area contributed by atoms with E-state index in [9.17, 15) is 14.4 Å². The number of hydrogen-bond acceptors (Lipinski definition) is 4. The first-order valence-electron chi connectivity index (χ1n) is 7.60. The van der Waals surface area contributed by atoms with Gasteiger partial charge in [0.15, 0.2) is 0 Å². The third kappa shape index (κ3) is 5.90. The van der Waals surface area contributed by atoms with Gasteiger partial charge in [-0.3, -0.25) is 14.4 Å². The lowest BCUT2D eigenvalue weighted by molar-refractivity contribution is -0.137. The minimum Gasteiger partial charge on any atom is -0.387 e. The average molecular weight is 340 g/mol. The first-order chi connectivity index (χ1) is 11.0. The molecule has 0 heterocycles. The fourth-order valence-corrected chi connectivity index (χ4v) is 1.92. The van der Waals surface area contributed by atoms with Crippen LogP contribution in [0.1, 0.15) is 37.0 Å². The first-order valence-corrected chi connectivity index (χ1v) is 7.98. The second-order valence-electron chi connectivity index (χ2n) is 4.79. The van der Waals surface area contributed by atoms with Gasteiger partial charge < -0.3 is 16.0 Å². The number of carbonyl (C=O) groups is 3. The van der Waals surface area contributed by atoms with E-state index in [1.807, 2.05) is 13.8 Å². The molecule has 23 heavy (non-hydrogen) atoms. The monoisotopic (exact) mass is 339 g/mol. The van der Waals surface area contributed by atoms with Gasteiger partial charge in [-0.05, 0) is 31.0 Å². The van der Waals surface area contributed by atoms with Crippen LogP contribution < -0.4 is 16.0 Å². The van der Waals surface area contributed by atoms with Crippen LogP contribution in [0.2, 0.25) is 5.02 Å². The van der Waals surface area contributed by atoms with Gasteiger partial charge in [0.25, 0.3) is 11.8 Å². The highest BCUT2D eigenvalue weighted by molar-refractivity contribution is 6.37. The SMILES string of the molecule is CC.CNc1ccc(Cl)cc1C(=O)NCC(=O)C(=O)NC1CC1. The Morgan fingerprint density at radius 2 is 1.87 bits per heavy atom. The predicted octanol–water partition coefficient (Wildman–Crippen LogP) is 1.99. The number of hydrogen-bond donors (Lipinski definition) is 3. The summed E-state index contributed by atoms with van der Waals surface area (Å²) < 4.78 is 0. The van der Waals surface area contributed by atoms with Crippen molar-refractivity contribution in [2.75, 3.05) is 18.9 Å². The zero-order valence-corrected chi connectivity index (χ0v) is 14.3. The molecule has 0 bridgehead atoms. The van der Waals surface area contributed by atoms with Gasteiger partial charge in [0.1, 0.15) is 0 Å². The fourth-order valence-electron chi connectivity index (χ4n) is 1.75. The zero-order valence-electron chi connectivity index (χ0n) is 13.5. The Labute approximate surface area is 141 Å². The molecule has 1 aromatic rings. The van der Waals surface area contributed by atoms with E-state index in [1.165, 1.54) is 6.07 Å². The lowest BCUT2D eigenvalue weighted by Gasteiger charge is -2.10. The number of ketones is 1. The van der Waals surface area contributed by atoms with Gasteiger partial charge in [-0.25, -0.2) is 0 Å². The summed E-state index contributed by atoms with van der Waals surface area (Å²) in [5.74, 6) is -1.78. The second kappa shape index (κ2) is 9.15. The lowest BCUT2D eigenvalue weighted by atomic mass is 10.1. The number of anilines is 1. The highest BCUT2D eigenvalue weighted by atomic mass is 35.5. The van der Waals surface area contributed by atoms with Crippen molar-refractivity contribution in [3.8, 4) is 0 Å². The molecule has 7 heteroatoms. The van der Waals surface area contributed by atoms with Crippen molar-refractivity contribution in [3.05, 3.63) is 28.8 Å². The maximum Gasteiger partial charge on any atom is 0.289 e. The predicted molar refractivity (Wildman–Crippen MR) is 90.9 cm³/mol. The molecule has 126 valence electrons. The number of carbonyl (C=O) groups excluding carboxylic acids is 3. The number of nitrogens with one attached hydrogen (secondary N) is 3. The second-order valence-corrected chi connectivity index (χ2v) is 5.23. The number of amides is 2. The molecule has 0 aliphatic heterocycles. The van der Waals surface area contributed by atoms with Crippen molar-refractivity contribution in [1.82, 2.24) is 10.6 Å². The van der Waals surface area contributed by atoms with Crippen molar-refractivity contribution in [3.63, 3.8) is 0 Å². The van der Waals surface area contributed by atoms with Crippen LogP contribution in [0.3, 0.4) is 0 Å². The van der Waals surface area contributed by atoms with E-state index in [1.54, 1.807) is 19.2 Å². The number of benzene rings is 1. The van der Waals surface area contributed by atoms with Crippen LogP contribution in [0.4, 0.5) is 5.69 Å². The standard InChI is InChI=1S/C14H16ClN3O3.C2H6/c1-16-11-5-2-8(15)6-10(11)13(20)17-7-12(19)14(21)18-9-3-4-9;1-2/h2,5-6,9,16H,3-4,7H2,1H3,(H,17,20)(H,18,21);1-2H3. The van der Waals surface area contributed by atoms with Gasteiger partial charge in [-0.15, -0.1) is 0 Å². The van der Waals surface area contributed by atoms with Crippen LogP contribution in [0, 0.1) is 0 Å². The van der Waals surface area contributed by atoms with Crippen LogP contribution in [0.25, 0.3) is 0 Å². The quantitative estimate of drug-likeness (QED) is 0.692. The summed E-state index contributed by atoms with van der Waals surface area (Å²) in [6, 6.07) is 4.93. The third-order valence-corrected chi connectivity index (χ3v) is 3.31. The van der Waals surface area contributed by atoms with Crippen molar-refractivity contribution in [2.24, 2.45) is 0 Å². The Bertz CT molecular complexity index is 586. The molecule has 6 nitrogen and oxygen atoms in total. The lowest BCUT2D eigenvalue weighted by Crippen LogP contribution is -2.40. The molecule has 3 N–H and O–H groups in total. The summed E-state index contributed by atoms with van der Waals surface area (Å²) in [5.41, 5.74) is 0.909. The van der Waals surface area contributed by atoms with E-state index in [0.29, 0.717) is 16.3 Å². The topological polar surface area (TPSA) is 87.3 Å². The van der Waals surface area contributed by atoms with Crippen molar-refractivity contribution < 1.29 is 14.4 Å². The highest BCUT2D eigenvalue weighted by Crippen LogP contribution is 2.20. The van der Waals surface area contributed by atoms with Crippen molar-refractivity contribution in [2.45, 2.75) is 32.7 Å². The average Bonchev–Trinajstić information content (AvgIpc) is 3.38. The Hall–Kier alpha value is -2.08. The van der Waals surface area contributed by atoms with Gasteiger partial charge in [-0.2, -0.15) is 0 Å². The van der Waals surface area contributed by atoms with Crippen LogP contribution in [0.15, 0.2) is 18.2 Å². The van der Waals surface area contributed by atoms with Gasteiger partial charge in [0, 0.05) is 23.8 Å². The van der Waals surface area contributed by atoms with Crippen LogP contribution in [-0.4, -0.2) is 37.2 Å². The fraction of sp³-hybridized carbons (Fsp3) is 0.438. The Morgan fingerprint density at radius 3 is 2.43 bits per heavy atom. The molecule has 0 unspecified atom stereocenters. The summed E-state index contributed by atoms with van der Waals surface area (Å²) >= 11 is 5.86. The summed E-state index contributed by atoms with van der Waals surface area (Å²) in [5, 5.41) is 8.28. The molecule has 0 atom stereocenters. The van der Waals surface area contributed by atoms with Gasteiger partial charge >= 0.3 is 0 Å². The van der Waals surface area contributed by atoms with E-state index in [4.69, 9.17) is 11.6 Å². The minimum absolute atomic E-state index is 0.112. The minimum atomic E-state index is -0.664. The van der Waals surface area contributed by atoms with Crippen LogP contribution in [-0.2, 0) is 9.59 Å². The van der Waals surface area contributed by atoms with E-state index >= 15 is 0 Å². The molecule has 1 aliphatic rings. The molecule has 0 radical (unpaired) electrons. The molecule has 0 saturated heterocycles. The molecule has 1 saturated carbocycles. The van der Waals surface area contributed by atoms with Crippen molar-refractivity contribution in [1.29, 1.82) is 0 Å². The van der Waals surface area contributed by atoms with Crippen molar-refractivity contribution >= 4 is 34.9 Å². The smallest absolute Gasteiger partial charge is 0.289 e. The van der Waals surface area contributed by atoms with Gasteiger partial charge in [-0.1, -0.05) is 25.4 Å².